The van der Waals surface area contributed by atoms with Gasteiger partial charge in [0.2, 0.25) is 0 Å². The summed E-state index contributed by atoms with van der Waals surface area (Å²) in [5, 5.41) is 28.1. The summed E-state index contributed by atoms with van der Waals surface area (Å²) in [6.45, 7) is 5.85. The highest BCUT2D eigenvalue weighted by Gasteiger charge is 2.18. The van der Waals surface area contributed by atoms with E-state index >= 15 is 0 Å². The molecule has 0 rings (SSSR count). The molecule has 13 heavy (non-hydrogen) atoms. The van der Waals surface area contributed by atoms with E-state index < -0.39 is 18.3 Å². The molecular formula is C10H22O3. The van der Waals surface area contributed by atoms with Crippen LogP contribution in [-0.2, 0) is 0 Å². The summed E-state index contributed by atoms with van der Waals surface area (Å²) in [7, 11) is 0. The number of aliphatic hydroxyl groups is 3. The maximum absolute atomic E-state index is 9.46. The fraction of sp³-hybridized carbons (Fsp3) is 1.00. The first-order valence-corrected chi connectivity index (χ1v) is 5.01. The molecule has 0 fully saturated rings. The smallest absolute Gasteiger partial charge is 0.0823 e. The molecule has 0 aliphatic rings. The Morgan fingerprint density at radius 2 is 1.46 bits per heavy atom. The van der Waals surface area contributed by atoms with E-state index in [0.29, 0.717) is 18.8 Å². The van der Waals surface area contributed by atoms with Crippen molar-refractivity contribution in [2.24, 2.45) is 5.92 Å². The molecule has 0 aromatic rings. The predicted molar refractivity (Wildman–Crippen MR) is 52.4 cm³/mol. The molecule has 0 spiro atoms. The molecule has 3 nitrogen and oxygen atoms in total. The second-order valence-corrected chi connectivity index (χ2v) is 4.06. The SMILES string of the molecule is CCC(O)C(O)CC(O)CC(C)C. The van der Waals surface area contributed by atoms with Crippen LogP contribution >= 0.6 is 0 Å². The Labute approximate surface area is 80.4 Å². The zero-order chi connectivity index (χ0) is 10.4. The first kappa shape index (κ1) is 12.9. The van der Waals surface area contributed by atoms with Gasteiger partial charge in [-0.25, -0.2) is 0 Å². The summed E-state index contributed by atoms with van der Waals surface area (Å²) in [5.41, 5.74) is 0. The van der Waals surface area contributed by atoms with Crippen LogP contribution in [0.25, 0.3) is 0 Å². The summed E-state index contributed by atoms with van der Waals surface area (Å²) in [5.74, 6) is 0.418. The molecule has 3 N–H and O–H groups in total. The predicted octanol–water partition coefficient (Wildman–Crippen LogP) is 0.915. The van der Waals surface area contributed by atoms with Crippen molar-refractivity contribution in [1.82, 2.24) is 0 Å². The molecule has 3 heteroatoms. The van der Waals surface area contributed by atoms with Crippen molar-refractivity contribution in [3.05, 3.63) is 0 Å². The first-order valence-electron chi connectivity index (χ1n) is 5.01. The third kappa shape index (κ3) is 6.02. The summed E-state index contributed by atoms with van der Waals surface area (Å²) in [4.78, 5) is 0. The van der Waals surface area contributed by atoms with Crippen molar-refractivity contribution in [2.75, 3.05) is 0 Å². The fourth-order valence-electron chi connectivity index (χ4n) is 1.35. The molecule has 0 bridgehead atoms. The van der Waals surface area contributed by atoms with Gasteiger partial charge in [-0.05, 0) is 18.8 Å². The standard InChI is InChI=1S/C10H22O3/c1-4-9(12)10(13)6-8(11)5-7(2)3/h7-13H,4-6H2,1-3H3. The van der Waals surface area contributed by atoms with Crippen LogP contribution < -0.4 is 0 Å². The molecule has 0 radical (unpaired) electrons. The molecule has 3 atom stereocenters. The summed E-state index contributed by atoms with van der Waals surface area (Å²) in [6.07, 6.45) is -0.534. The third-order valence-electron chi connectivity index (χ3n) is 2.12. The van der Waals surface area contributed by atoms with E-state index in [2.05, 4.69) is 0 Å². The Hall–Kier alpha value is -0.120. The molecule has 0 aromatic carbocycles. The van der Waals surface area contributed by atoms with Crippen LogP contribution in [-0.4, -0.2) is 33.6 Å². The van der Waals surface area contributed by atoms with Gasteiger partial charge in [0.05, 0.1) is 18.3 Å². The van der Waals surface area contributed by atoms with Gasteiger partial charge in [0.15, 0.2) is 0 Å². The minimum Gasteiger partial charge on any atom is -0.393 e. The van der Waals surface area contributed by atoms with Gasteiger partial charge >= 0.3 is 0 Å². The van der Waals surface area contributed by atoms with Gasteiger partial charge in [0.25, 0.3) is 0 Å². The van der Waals surface area contributed by atoms with Gasteiger partial charge in [-0.2, -0.15) is 0 Å². The maximum Gasteiger partial charge on any atom is 0.0823 e. The third-order valence-corrected chi connectivity index (χ3v) is 2.12. The van der Waals surface area contributed by atoms with Crippen LogP contribution in [0.1, 0.15) is 40.0 Å². The van der Waals surface area contributed by atoms with Gasteiger partial charge in [-0.15, -0.1) is 0 Å². The molecule has 0 saturated heterocycles. The monoisotopic (exact) mass is 190 g/mol. The zero-order valence-corrected chi connectivity index (χ0v) is 8.77. The van der Waals surface area contributed by atoms with Gasteiger partial charge < -0.3 is 15.3 Å². The Morgan fingerprint density at radius 3 is 1.85 bits per heavy atom. The van der Waals surface area contributed by atoms with E-state index in [0.717, 1.165) is 0 Å². The van der Waals surface area contributed by atoms with Crippen LogP contribution in [0.2, 0.25) is 0 Å². The molecule has 0 amide bonds. The molecule has 0 aromatic heterocycles. The van der Waals surface area contributed by atoms with Gasteiger partial charge in [0, 0.05) is 6.42 Å². The minimum absolute atomic E-state index is 0.271. The van der Waals surface area contributed by atoms with E-state index in [1.165, 1.54) is 0 Å². The van der Waals surface area contributed by atoms with Gasteiger partial charge in [0.1, 0.15) is 0 Å². The quantitative estimate of drug-likeness (QED) is 0.583. The normalized spacial score (nSPS) is 18.7. The summed E-state index contributed by atoms with van der Waals surface area (Å²) < 4.78 is 0. The summed E-state index contributed by atoms with van der Waals surface area (Å²) >= 11 is 0. The van der Waals surface area contributed by atoms with Crippen molar-refractivity contribution in [3.63, 3.8) is 0 Å². The van der Waals surface area contributed by atoms with E-state index in [4.69, 9.17) is 0 Å². The van der Waals surface area contributed by atoms with E-state index in [1.807, 2.05) is 20.8 Å². The molecule has 0 aliphatic carbocycles. The Bertz CT molecular complexity index is 125. The van der Waals surface area contributed by atoms with Gasteiger partial charge in [-0.1, -0.05) is 20.8 Å². The van der Waals surface area contributed by atoms with Crippen molar-refractivity contribution in [3.8, 4) is 0 Å². The van der Waals surface area contributed by atoms with Crippen LogP contribution in [0.3, 0.4) is 0 Å². The lowest BCUT2D eigenvalue weighted by molar-refractivity contribution is -0.0167. The zero-order valence-electron chi connectivity index (χ0n) is 8.77. The minimum atomic E-state index is -0.793. The lowest BCUT2D eigenvalue weighted by Crippen LogP contribution is -2.29. The lowest BCUT2D eigenvalue weighted by Gasteiger charge is -2.20. The molecule has 0 heterocycles. The molecule has 0 saturated carbocycles. The van der Waals surface area contributed by atoms with Crippen LogP contribution in [0, 0.1) is 5.92 Å². The van der Waals surface area contributed by atoms with Crippen molar-refractivity contribution < 1.29 is 15.3 Å². The van der Waals surface area contributed by atoms with E-state index in [-0.39, 0.29) is 6.42 Å². The highest BCUT2D eigenvalue weighted by atomic mass is 16.3. The molecule has 0 aliphatic heterocycles. The highest BCUT2D eigenvalue weighted by Crippen LogP contribution is 2.12. The van der Waals surface area contributed by atoms with Crippen LogP contribution in [0.5, 0.6) is 0 Å². The Balaban J connectivity index is 3.70. The highest BCUT2D eigenvalue weighted by molar-refractivity contribution is 4.70. The second kappa shape index (κ2) is 6.35. The lowest BCUT2D eigenvalue weighted by atomic mass is 9.98. The first-order chi connectivity index (χ1) is 5.97. The topological polar surface area (TPSA) is 60.7 Å². The molecule has 3 unspecified atom stereocenters. The average molecular weight is 190 g/mol. The van der Waals surface area contributed by atoms with Crippen LogP contribution in [0.15, 0.2) is 0 Å². The number of aliphatic hydroxyl groups excluding tert-OH is 3. The largest absolute Gasteiger partial charge is 0.393 e. The maximum atomic E-state index is 9.46. The van der Waals surface area contributed by atoms with E-state index in [9.17, 15) is 15.3 Å². The average Bonchev–Trinajstić information content (AvgIpc) is 2.01. The molecular weight excluding hydrogens is 168 g/mol. The van der Waals surface area contributed by atoms with Crippen molar-refractivity contribution in [2.45, 2.75) is 58.3 Å². The van der Waals surface area contributed by atoms with Gasteiger partial charge in [-0.3, -0.25) is 0 Å². The fourth-order valence-corrected chi connectivity index (χ4v) is 1.35. The van der Waals surface area contributed by atoms with Crippen LogP contribution in [0.4, 0.5) is 0 Å². The number of hydrogen-bond acceptors (Lipinski definition) is 3. The van der Waals surface area contributed by atoms with E-state index in [1.54, 1.807) is 0 Å². The number of rotatable bonds is 6. The van der Waals surface area contributed by atoms with Crippen molar-refractivity contribution in [1.29, 1.82) is 0 Å². The molecule has 80 valence electrons. The summed E-state index contributed by atoms with van der Waals surface area (Å²) in [6, 6.07) is 0. The van der Waals surface area contributed by atoms with Crippen molar-refractivity contribution >= 4 is 0 Å². The second-order valence-electron chi connectivity index (χ2n) is 4.06. The Morgan fingerprint density at radius 1 is 0.923 bits per heavy atom. The Kier molecular flexibility index (Phi) is 6.29. The number of hydrogen-bond donors (Lipinski definition) is 3.